The van der Waals surface area contributed by atoms with E-state index >= 15 is 0 Å². The lowest BCUT2D eigenvalue weighted by molar-refractivity contribution is -0.147. The van der Waals surface area contributed by atoms with Crippen LogP contribution in [0.5, 0.6) is 11.5 Å². The number of hydrogen-bond acceptors (Lipinski definition) is 3. The minimum Gasteiger partial charge on any atom is -0.493 e. The standard InChI is InChI=1S/C23H30O4/c1-16-14-20(26-13-9-12-23(4,5)22(24)25)17(2)18(3)21(16)27-15-19-10-7-6-8-11-19/h6-8,10-11,14H,9,12-13,15H2,1-5H3,(H,24,25). The second kappa shape index (κ2) is 8.94. The largest absolute Gasteiger partial charge is 0.493 e. The fourth-order valence-electron chi connectivity index (χ4n) is 2.93. The summed E-state index contributed by atoms with van der Waals surface area (Å²) in [6, 6.07) is 12.1. The van der Waals surface area contributed by atoms with Crippen LogP contribution >= 0.6 is 0 Å². The number of carboxylic acid groups (broad SMARTS) is 1. The third kappa shape index (κ3) is 5.49. The molecular weight excluding hydrogens is 340 g/mol. The van der Waals surface area contributed by atoms with Crippen LogP contribution in [0.15, 0.2) is 36.4 Å². The minimum atomic E-state index is -0.773. The molecule has 2 rings (SSSR count). The molecule has 4 nitrogen and oxygen atoms in total. The molecular formula is C23H30O4. The third-order valence-corrected chi connectivity index (χ3v) is 4.99. The second-order valence-corrected chi connectivity index (χ2v) is 7.69. The van der Waals surface area contributed by atoms with Crippen LogP contribution in [0.25, 0.3) is 0 Å². The highest BCUT2D eigenvalue weighted by atomic mass is 16.5. The van der Waals surface area contributed by atoms with E-state index in [-0.39, 0.29) is 0 Å². The van der Waals surface area contributed by atoms with Gasteiger partial charge in [-0.3, -0.25) is 4.79 Å². The van der Waals surface area contributed by atoms with Gasteiger partial charge in [-0.05, 0) is 75.8 Å². The molecule has 0 aliphatic rings. The summed E-state index contributed by atoms with van der Waals surface area (Å²) in [5.74, 6) is 0.964. The lowest BCUT2D eigenvalue weighted by atomic mass is 9.88. The van der Waals surface area contributed by atoms with Gasteiger partial charge in [-0.15, -0.1) is 0 Å². The van der Waals surface area contributed by atoms with Gasteiger partial charge in [0, 0.05) is 0 Å². The summed E-state index contributed by atoms with van der Waals surface area (Å²) in [6.45, 7) is 10.6. The molecule has 0 spiro atoms. The number of rotatable bonds is 9. The van der Waals surface area contributed by atoms with Crippen molar-refractivity contribution in [2.45, 2.75) is 54.1 Å². The van der Waals surface area contributed by atoms with Gasteiger partial charge >= 0.3 is 5.97 Å². The molecule has 0 radical (unpaired) electrons. The number of ether oxygens (including phenoxy) is 2. The van der Waals surface area contributed by atoms with Crippen molar-refractivity contribution in [1.29, 1.82) is 0 Å². The Labute approximate surface area is 162 Å². The average Bonchev–Trinajstić information content (AvgIpc) is 2.63. The van der Waals surface area contributed by atoms with Gasteiger partial charge in [-0.25, -0.2) is 0 Å². The van der Waals surface area contributed by atoms with Gasteiger partial charge in [-0.2, -0.15) is 0 Å². The van der Waals surface area contributed by atoms with Crippen molar-refractivity contribution in [3.8, 4) is 11.5 Å². The Kier molecular flexibility index (Phi) is 6.89. The van der Waals surface area contributed by atoms with Crippen LogP contribution < -0.4 is 9.47 Å². The first-order valence-electron chi connectivity index (χ1n) is 9.36. The molecule has 2 aromatic carbocycles. The van der Waals surface area contributed by atoms with Crippen molar-refractivity contribution in [2.75, 3.05) is 6.61 Å². The molecule has 0 aliphatic carbocycles. The number of carboxylic acids is 1. The predicted molar refractivity (Wildman–Crippen MR) is 108 cm³/mol. The minimum absolute atomic E-state index is 0.501. The van der Waals surface area contributed by atoms with Gasteiger partial charge in [0.05, 0.1) is 12.0 Å². The van der Waals surface area contributed by atoms with E-state index in [4.69, 9.17) is 9.47 Å². The quantitative estimate of drug-likeness (QED) is 0.596. The Morgan fingerprint density at radius 3 is 2.33 bits per heavy atom. The lowest BCUT2D eigenvalue weighted by Crippen LogP contribution is -2.24. The highest BCUT2D eigenvalue weighted by molar-refractivity contribution is 5.73. The van der Waals surface area contributed by atoms with Crippen LogP contribution in [0.3, 0.4) is 0 Å². The van der Waals surface area contributed by atoms with Gasteiger partial charge in [0.1, 0.15) is 18.1 Å². The van der Waals surface area contributed by atoms with Gasteiger partial charge in [-0.1, -0.05) is 30.3 Å². The first kappa shape index (κ1) is 20.8. The van der Waals surface area contributed by atoms with Crippen LogP contribution in [0.1, 0.15) is 48.9 Å². The number of aryl methyl sites for hydroxylation is 1. The van der Waals surface area contributed by atoms with Crippen LogP contribution in [0, 0.1) is 26.2 Å². The summed E-state index contributed by atoms with van der Waals surface area (Å²) < 4.78 is 12.0. The third-order valence-electron chi connectivity index (χ3n) is 4.99. The summed E-state index contributed by atoms with van der Waals surface area (Å²) in [6.07, 6.45) is 1.28. The molecule has 0 saturated heterocycles. The first-order valence-corrected chi connectivity index (χ1v) is 9.36. The fourth-order valence-corrected chi connectivity index (χ4v) is 2.93. The first-order chi connectivity index (χ1) is 12.7. The highest BCUT2D eigenvalue weighted by Gasteiger charge is 2.26. The Morgan fingerprint density at radius 1 is 1.04 bits per heavy atom. The van der Waals surface area contributed by atoms with Crippen LogP contribution in [-0.4, -0.2) is 17.7 Å². The average molecular weight is 370 g/mol. The van der Waals surface area contributed by atoms with E-state index in [1.54, 1.807) is 13.8 Å². The summed E-state index contributed by atoms with van der Waals surface area (Å²) in [4.78, 5) is 11.2. The number of aliphatic carboxylic acids is 1. The molecule has 0 aliphatic heterocycles. The van der Waals surface area contributed by atoms with E-state index in [1.807, 2.05) is 57.2 Å². The number of carbonyl (C=O) groups is 1. The van der Waals surface area contributed by atoms with Gasteiger partial charge in [0.15, 0.2) is 0 Å². The molecule has 27 heavy (non-hydrogen) atoms. The fraction of sp³-hybridized carbons (Fsp3) is 0.435. The zero-order chi connectivity index (χ0) is 20.0. The molecule has 0 saturated carbocycles. The van der Waals surface area contributed by atoms with Crippen molar-refractivity contribution in [1.82, 2.24) is 0 Å². The maximum atomic E-state index is 11.2. The van der Waals surface area contributed by atoms with E-state index in [9.17, 15) is 9.90 Å². The maximum Gasteiger partial charge on any atom is 0.309 e. The normalized spacial score (nSPS) is 11.3. The van der Waals surface area contributed by atoms with Crippen molar-refractivity contribution in [2.24, 2.45) is 5.41 Å². The van der Waals surface area contributed by atoms with E-state index in [1.165, 1.54) is 0 Å². The molecule has 0 heterocycles. The van der Waals surface area contributed by atoms with E-state index in [0.29, 0.717) is 26.1 Å². The molecule has 1 N–H and O–H groups in total. The molecule has 0 atom stereocenters. The topological polar surface area (TPSA) is 55.8 Å². The van der Waals surface area contributed by atoms with Gasteiger partial charge < -0.3 is 14.6 Å². The number of hydrogen-bond donors (Lipinski definition) is 1. The van der Waals surface area contributed by atoms with Crippen molar-refractivity contribution >= 4 is 5.97 Å². The molecule has 146 valence electrons. The predicted octanol–water partition coefficient (Wildman–Crippen LogP) is 5.46. The van der Waals surface area contributed by atoms with Gasteiger partial charge in [0.2, 0.25) is 0 Å². The molecule has 2 aromatic rings. The summed E-state index contributed by atoms with van der Waals surface area (Å²) >= 11 is 0. The Hall–Kier alpha value is -2.49. The van der Waals surface area contributed by atoms with Crippen LogP contribution in [-0.2, 0) is 11.4 Å². The lowest BCUT2D eigenvalue weighted by Gasteiger charge is -2.20. The molecule has 0 bridgehead atoms. The molecule has 4 heteroatoms. The monoisotopic (exact) mass is 370 g/mol. The van der Waals surface area contributed by atoms with E-state index < -0.39 is 11.4 Å². The molecule has 0 unspecified atom stereocenters. The summed E-state index contributed by atoms with van der Waals surface area (Å²) in [5.41, 5.74) is 3.58. The highest BCUT2D eigenvalue weighted by Crippen LogP contribution is 2.34. The summed E-state index contributed by atoms with van der Waals surface area (Å²) in [5, 5.41) is 9.18. The van der Waals surface area contributed by atoms with Gasteiger partial charge in [0.25, 0.3) is 0 Å². The van der Waals surface area contributed by atoms with Crippen molar-refractivity contribution < 1.29 is 19.4 Å². The Morgan fingerprint density at radius 2 is 1.70 bits per heavy atom. The van der Waals surface area contributed by atoms with E-state index in [2.05, 4.69) is 0 Å². The van der Waals surface area contributed by atoms with Crippen molar-refractivity contribution in [3.63, 3.8) is 0 Å². The summed E-state index contributed by atoms with van der Waals surface area (Å²) in [7, 11) is 0. The SMILES string of the molecule is Cc1cc(OCCCC(C)(C)C(=O)O)c(C)c(C)c1OCc1ccccc1. The van der Waals surface area contributed by atoms with Crippen molar-refractivity contribution in [3.05, 3.63) is 58.7 Å². The van der Waals surface area contributed by atoms with Crippen LogP contribution in [0.2, 0.25) is 0 Å². The Bertz CT molecular complexity index is 779. The molecule has 0 aromatic heterocycles. The maximum absolute atomic E-state index is 11.2. The van der Waals surface area contributed by atoms with E-state index in [0.717, 1.165) is 33.8 Å². The zero-order valence-electron chi connectivity index (χ0n) is 17.0. The zero-order valence-corrected chi connectivity index (χ0v) is 17.0. The van der Waals surface area contributed by atoms with Crippen LogP contribution in [0.4, 0.5) is 0 Å². The molecule has 0 fully saturated rings. The second-order valence-electron chi connectivity index (χ2n) is 7.69. The Balaban J connectivity index is 2.00. The smallest absolute Gasteiger partial charge is 0.309 e. The number of benzene rings is 2. The molecule has 0 amide bonds.